The van der Waals surface area contributed by atoms with E-state index in [-0.39, 0.29) is 0 Å². The van der Waals surface area contributed by atoms with Gasteiger partial charge in [-0.05, 0) is 43.4 Å². The first-order valence-corrected chi connectivity index (χ1v) is 7.19. The summed E-state index contributed by atoms with van der Waals surface area (Å²) in [6.07, 6.45) is 3.69. The Morgan fingerprint density at radius 1 is 1.37 bits per heavy atom. The number of fused-ring (bicyclic) bond motifs is 1. The van der Waals surface area contributed by atoms with Gasteiger partial charge in [-0.15, -0.1) is 0 Å². The fourth-order valence-corrected chi connectivity index (χ4v) is 3.62. The van der Waals surface area contributed by atoms with Crippen LogP contribution in [0.2, 0.25) is 0 Å². The normalized spacial score (nSPS) is 27.6. The number of rotatable bonds is 3. The van der Waals surface area contributed by atoms with E-state index in [0.29, 0.717) is 6.04 Å². The Morgan fingerprint density at radius 2 is 2.00 bits per heavy atom. The molecule has 1 unspecified atom stereocenters. The van der Waals surface area contributed by atoms with Crippen LogP contribution >= 0.6 is 0 Å². The van der Waals surface area contributed by atoms with Crippen molar-refractivity contribution in [3.8, 4) is 0 Å². The van der Waals surface area contributed by atoms with Crippen LogP contribution in [0.1, 0.15) is 30.9 Å². The first kappa shape index (κ1) is 12.7. The molecule has 1 aromatic carbocycles. The van der Waals surface area contributed by atoms with Gasteiger partial charge in [0.15, 0.2) is 0 Å². The largest absolute Gasteiger partial charge is 0.481 e. The molecule has 0 radical (unpaired) electrons. The molecule has 0 saturated carbocycles. The number of aliphatic carboxylic acids is 1. The lowest BCUT2D eigenvalue weighted by molar-refractivity contribution is -0.148. The third-order valence-corrected chi connectivity index (χ3v) is 5.06. The van der Waals surface area contributed by atoms with Crippen LogP contribution in [-0.2, 0) is 17.6 Å². The Balaban J connectivity index is 1.72. The average molecular weight is 259 g/mol. The van der Waals surface area contributed by atoms with E-state index in [1.807, 2.05) is 6.92 Å². The third-order valence-electron chi connectivity index (χ3n) is 5.06. The Bertz CT molecular complexity index is 474. The number of benzene rings is 1. The summed E-state index contributed by atoms with van der Waals surface area (Å²) in [5, 5.41) is 9.47. The molecular formula is C16H21NO2. The van der Waals surface area contributed by atoms with Gasteiger partial charge in [-0.2, -0.15) is 0 Å². The van der Waals surface area contributed by atoms with Crippen LogP contribution in [0.5, 0.6) is 0 Å². The molecule has 1 aromatic rings. The van der Waals surface area contributed by atoms with E-state index in [2.05, 4.69) is 29.2 Å². The molecule has 2 aliphatic rings. The van der Waals surface area contributed by atoms with Crippen molar-refractivity contribution >= 4 is 5.97 Å². The second-order valence-corrected chi connectivity index (χ2v) is 5.99. The molecule has 1 fully saturated rings. The molecule has 1 aliphatic heterocycles. The van der Waals surface area contributed by atoms with Gasteiger partial charge in [0.05, 0.1) is 5.41 Å². The quantitative estimate of drug-likeness (QED) is 0.905. The number of carbonyl (C=O) groups is 1. The van der Waals surface area contributed by atoms with E-state index >= 15 is 0 Å². The SMILES string of the molecule is CCC1(C(=O)O)CCN(C2Cc3ccccc3C2)C1. The molecule has 102 valence electrons. The zero-order valence-electron chi connectivity index (χ0n) is 11.4. The van der Waals surface area contributed by atoms with Crippen LogP contribution in [0.15, 0.2) is 24.3 Å². The van der Waals surface area contributed by atoms with Crippen LogP contribution in [0.3, 0.4) is 0 Å². The second kappa shape index (κ2) is 4.64. The van der Waals surface area contributed by atoms with E-state index in [4.69, 9.17) is 0 Å². The number of carboxylic acid groups (broad SMARTS) is 1. The van der Waals surface area contributed by atoms with Gasteiger partial charge in [0.1, 0.15) is 0 Å². The summed E-state index contributed by atoms with van der Waals surface area (Å²) in [6, 6.07) is 9.10. The molecule has 1 atom stereocenters. The lowest BCUT2D eigenvalue weighted by Crippen LogP contribution is -2.39. The monoisotopic (exact) mass is 259 g/mol. The first-order valence-electron chi connectivity index (χ1n) is 7.19. The molecule has 3 nitrogen and oxygen atoms in total. The average Bonchev–Trinajstić information content (AvgIpc) is 3.03. The van der Waals surface area contributed by atoms with Crippen molar-refractivity contribution in [1.29, 1.82) is 0 Å². The predicted octanol–water partition coefficient (Wildman–Crippen LogP) is 2.34. The lowest BCUT2D eigenvalue weighted by Gasteiger charge is -2.27. The molecule has 0 aromatic heterocycles. The molecule has 0 spiro atoms. The number of hydrogen-bond donors (Lipinski definition) is 1. The number of nitrogens with zero attached hydrogens (tertiary/aromatic N) is 1. The molecule has 0 amide bonds. The highest BCUT2D eigenvalue weighted by Gasteiger charge is 2.45. The highest BCUT2D eigenvalue weighted by molar-refractivity contribution is 5.75. The maximum Gasteiger partial charge on any atom is 0.310 e. The van der Waals surface area contributed by atoms with E-state index in [1.54, 1.807) is 0 Å². The minimum atomic E-state index is -0.618. The third kappa shape index (κ3) is 2.06. The van der Waals surface area contributed by atoms with Gasteiger partial charge in [-0.25, -0.2) is 0 Å². The van der Waals surface area contributed by atoms with Crippen LogP contribution < -0.4 is 0 Å². The number of hydrogen-bond acceptors (Lipinski definition) is 2. The lowest BCUT2D eigenvalue weighted by atomic mass is 9.84. The van der Waals surface area contributed by atoms with Crippen LogP contribution in [0.25, 0.3) is 0 Å². The summed E-state index contributed by atoms with van der Waals surface area (Å²) in [4.78, 5) is 13.9. The van der Waals surface area contributed by atoms with Crippen molar-refractivity contribution in [2.75, 3.05) is 13.1 Å². The van der Waals surface area contributed by atoms with Crippen LogP contribution in [0.4, 0.5) is 0 Å². The zero-order valence-corrected chi connectivity index (χ0v) is 11.4. The van der Waals surface area contributed by atoms with Crippen molar-refractivity contribution in [1.82, 2.24) is 4.90 Å². The first-order chi connectivity index (χ1) is 9.14. The van der Waals surface area contributed by atoms with E-state index in [1.165, 1.54) is 11.1 Å². The summed E-state index contributed by atoms with van der Waals surface area (Å²) in [6.45, 7) is 3.65. The van der Waals surface area contributed by atoms with Crippen molar-refractivity contribution in [3.05, 3.63) is 35.4 Å². The summed E-state index contributed by atoms with van der Waals surface area (Å²) >= 11 is 0. The van der Waals surface area contributed by atoms with Gasteiger partial charge in [-0.3, -0.25) is 9.69 Å². The fraction of sp³-hybridized carbons (Fsp3) is 0.562. The Hall–Kier alpha value is -1.35. The fourth-order valence-electron chi connectivity index (χ4n) is 3.62. The minimum absolute atomic E-state index is 0.505. The molecule has 3 heteroatoms. The number of carboxylic acids is 1. The summed E-state index contributed by atoms with van der Waals surface area (Å²) in [7, 11) is 0. The van der Waals surface area contributed by atoms with E-state index < -0.39 is 11.4 Å². The van der Waals surface area contributed by atoms with Gasteiger partial charge >= 0.3 is 5.97 Å². The molecule has 0 bridgehead atoms. The minimum Gasteiger partial charge on any atom is -0.481 e. The maximum absolute atomic E-state index is 11.5. The van der Waals surface area contributed by atoms with Gasteiger partial charge in [-0.1, -0.05) is 31.2 Å². The van der Waals surface area contributed by atoms with E-state index in [9.17, 15) is 9.90 Å². The zero-order chi connectivity index (χ0) is 13.5. The topological polar surface area (TPSA) is 40.5 Å². The summed E-state index contributed by atoms with van der Waals surface area (Å²) in [5.74, 6) is -0.618. The highest BCUT2D eigenvalue weighted by atomic mass is 16.4. The predicted molar refractivity (Wildman–Crippen MR) is 74.2 cm³/mol. The summed E-state index contributed by atoms with van der Waals surface area (Å²) in [5.41, 5.74) is 2.38. The molecule has 1 aliphatic carbocycles. The maximum atomic E-state index is 11.5. The standard InChI is InChI=1S/C16H21NO2/c1-2-16(15(18)19)7-8-17(11-16)14-9-12-5-3-4-6-13(12)10-14/h3-6,14H,2,7-11H2,1H3,(H,18,19). The van der Waals surface area contributed by atoms with Crippen molar-refractivity contribution < 1.29 is 9.90 Å². The van der Waals surface area contributed by atoms with Gasteiger partial charge < -0.3 is 5.11 Å². The van der Waals surface area contributed by atoms with Crippen LogP contribution in [0, 0.1) is 5.41 Å². The van der Waals surface area contributed by atoms with Crippen LogP contribution in [-0.4, -0.2) is 35.1 Å². The van der Waals surface area contributed by atoms with Gasteiger partial charge in [0.2, 0.25) is 0 Å². The highest BCUT2D eigenvalue weighted by Crippen LogP contribution is 2.37. The molecule has 19 heavy (non-hydrogen) atoms. The van der Waals surface area contributed by atoms with Crippen molar-refractivity contribution in [3.63, 3.8) is 0 Å². The van der Waals surface area contributed by atoms with E-state index in [0.717, 1.165) is 38.8 Å². The van der Waals surface area contributed by atoms with Gasteiger partial charge in [0.25, 0.3) is 0 Å². The Kier molecular flexibility index (Phi) is 3.09. The summed E-state index contributed by atoms with van der Waals surface area (Å²) < 4.78 is 0. The Labute approximate surface area is 114 Å². The number of likely N-dealkylation sites (tertiary alicyclic amines) is 1. The van der Waals surface area contributed by atoms with Crippen molar-refractivity contribution in [2.24, 2.45) is 5.41 Å². The Morgan fingerprint density at radius 3 is 2.47 bits per heavy atom. The smallest absolute Gasteiger partial charge is 0.310 e. The second-order valence-electron chi connectivity index (χ2n) is 5.99. The molecule has 3 rings (SSSR count). The molecule has 1 saturated heterocycles. The molecular weight excluding hydrogens is 238 g/mol. The molecule has 1 heterocycles. The van der Waals surface area contributed by atoms with Crippen molar-refractivity contribution in [2.45, 2.75) is 38.6 Å². The van der Waals surface area contributed by atoms with Gasteiger partial charge in [0, 0.05) is 12.6 Å². The molecule has 1 N–H and O–H groups in total.